The highest BCUT2D eigenvalue weighted by Gasteiger charge is 2.11. The molecule has 0 aliphatic carbocycles. The van der Waals surface area contributed by atoms with Gasteiger partial charge in [0.15, 0.2) is 0 Å². The Morgan fingerprint density at radius 3 is 1.86 bits per heavy atom. The second-order valence-electron chi connectivity index (χ2n) is 2.46. The van der Waals surface area contributed by atoms with E-state index in [2.05, 4.69) is 9.47 Å². The van der Waals surface area contributed by atoms with Crippen LogP contribution in [0.25, 0.3) is 0 Å². The van der Waals surface area contributed by atoms with Crippen LogP contribution in [0.2, 0.25) is 0 Å². The van der Waals surface area contributed by atoms with E-state index in [0.29, 0.717) is 22.2 Å². The largest absolute Gasteiger partial charge is 0.497 e. The Labute approximate surface area is 85.4 Å². The molecule has 0 radical (unpaired) electrons. The predicted molar refractivity (Wildman–Crippen MR) is 52.1 cm³/mol. The molecule has 0 saturated heterocycles. The summed E-state index contributed by atoms with van der Waals surface area (Å²) in [4.78, 5) is 21.3. The molecule has 0 aromatic rings. The highest BCUT2D eigenvalue weighted by molar-refractivity contribution is 6.20. The van der Waals surface area contributed by atoms with Crippen LogP contribution in [0.3, 0.4) is 0 Å². The molecule has 0 rings (SSSR count). The van der Waals surface area contributed by atoms with Crippen molar-refractivity contribution >= 4 is 22.2 Å². The summed E-state index contributed by atoms with van der Waals surface area (Å²) in [6.45, 7) is 4.68. The maximum absolute atomic E-state index is 10.7. The number of carbonyl (C=O) groups is 2. The molecule has 6 heteroatoms. The van der Waals surface area contributed by atoms with E-state index in [0.717, 1.165) is 0 Å². The molecule has 0 amide bonds. The van der Waals surface area contributed by atoms with Crippen molar-refractivity contribution in [1.82, 2.24) is 0 Å². The summed E-state index contributed by atoms with van der Waals surface area (Å²) in [5.74, 6) is -1.23. The van der Waals surface area contributed by atoms with Crippen molar-refractivity contribution in [2.24, 2.45) is 0 Å². The lowest BCUT2D eigenvalue weighted by Gasteiger charge is -2.10. The molecule has 80 valence electrons. The number of esters is 2. The van der Waals surface area contributed by atoms with Gasteiger partial charge in [-0.2, -0.15) is 0 Å². The SMILES string of the molecule is CCOC([SiH3])=C(OC(C)=O)OC(C)=O. The fourth-order valence-electron chi connectivity index (χ4n) is 0.701. The van der Waals surface area contributed by atoms with Gasteiger partial charge >= 0.3 is 17.9 Å². The first kappa shape index (κ1) is 12.7. The second kappa shape index (κ2) is 6.20. The number of carbonyl (C=O) groups excluding carboxylic acids is 2. The first-order valence-corrected chi connectivity index (χ1v) is 5.17. The normalized spacial score (nSPS) is 9.07. The van der Waals surface area contributed by atoms with Gasteiger partial charge in [0.1, 0.15) is 5.38 Å². The van der Waals surface area contributed by atoms with E-state index >= 15 is 0 Å². The Balaban J connectivity index is 4.59. The molecule has 0 bridgehead atoms. The van der Waals surface area contributed by atoms with Gasteiger partial charge in [-0.1, -0.05) is 0 Å². The van der Waals surface area contributed by atoms with Crippen molar-refractivity contribution in [2.45, 2.75) is 20.8 Å². The smallest absolute Gasteiger partial charge is 0.328 e. The molecule has 0 aromatic heterocycles. The van der Waals surface area contributed by atoms with Crippen LogP contribution in [0.5, 0.6) is 0 Å². The summed E-state index contributed by atoms with van der Waals surface area (Å²) >= 11 is 0. The van der Waals surface area contributed by atoms with E-state index < -0.39 is 11.9 Å². The summed E-state index contributed by atoms with van der Waals surface area (Å²) < 4.78 is 14.5. The van der Waals surface area contributed by atoms with Crippen molar-refractivity contribution in [3.8, 4) is 0 Å². The van der Waals surface area contributed by atoms with Crippen LogP contribution in [-0.2, 0) is 23.8 Å². The Bertz CT molecular complexity index is 240. The van der Waals surface area contributed by atoms with Crippen molar-refractivity contribution in [1.29, 1.82) is 0 Å². The fraction of sp³-hybridized carbons (Fsp3) is 0.500. The third kappa shape index (κ3) is 5.36. The average molecular weight is 218 g/mol. The van der Waals surface area contributed by atoms with E-state index in [1.807, 2.05) is 0 Å². The van der Waals surface area contributed by atoms with E-state index in [-0.39, 0.29) is 5.95 Å². The summed E-state index contributed by atoms with van der Waals surface area (Å²) in [6.07, 6.45) is 0. The molecule has 0 aromatic carbocycles. The Morgan fingerprint density at radius 1 is 1.14 bits per heavy atom. The van der Waals surface area contributed by atoms with Crippen molar-refractivity contribution in [2.75, 3.05) is 6.61 Å². The molecule has 0 unspecified atom stereocenters. The van der Waals surface area contributed by atoms with Gasteiger partial charge in [0, 0.05) is 13.8 Å². The molecule has 14 heavy (non-hydrogen) atoms. The molecule has 0 aliphatic heterocycles. The zero-order valence-corrected chi connectivity index (χ0v) is 10.7. The predicted octanol–water partition coefficient (Wildman–Crippen LogP) is -0.359. The number of ether oxygens (including phenoxy) is 3. The molecule has 0 N–H and O–H groups in total. The standard InChI is InChI=1S/C8H14O5Si/c1-4-11-8(14)7(12-5(2)9)13-6(3)10/h4H2,1-3,14H3. The van der Waals surface area contributed by atoms with Crippen molar-refractivity contribution < 1.29 is 23.8 Å². The van der Waals surface area contributed by atoms with Crippen molar-refractivity contribution in [3.63, 3.8) is 0 Å². The molecule has 0 saturated carbocycles. The molecule has 0 atom stereocenters. The summed E-state index contributed by atoms with van der Waals surface area (Å²) in [7, 11) is 0.496. The van der Waals surface area contributed by atoms with Crippen LogP contribution < -0.4 is 0 Å². The molecule has 5 nitrogen and oxygen atoms in total. The quantitative estimate of drug-likeness (QED) is 0.366. The van der Waals surface area contributed by atoms with Gasteiger partial charge < -0.3 is 14.2 Å². The minimum absolute atomic E-state index is 0.140. The monoisotopic (exact) mass is 218 g/mol. The molecular formula is C8H14O5Si. The van der Waals surface area contributed by atoms with Gasteiger partial charge in [0.05, 0.1) is 16.8 Å². The van der Waals surface area contributed by atoms with Crippen LogP contribution in [0.15, 0.2) is 11.3 Å². The lowest BCUT2D eigenvalue weighted by Crippen LogP contribution is -2.11. The van der Waals surface area contributed by atoms with Gasteiger partial charge in [-0.3, -0.25) is 9.59 Å². The highest BCUT2D eigenvalue weighted by atomic mass is 28.1. The molecular weight excluding hydrogens is 204 g/mol. The average Bonchev–Trinajstić information content (AvgIpc) is 2.01. The third-order valence-corrected chi connectivity index (χ3v) is 1.82. The van der Waals surface area contributed by atoms with Crippen molar-refractivity contribution in [3.05, 3.63) is 11.3 Å². The summed E-state index contributed by atoms with van der Waals surface area (Å²) in [5.41, 5.74) is 0. The maximum atomic E-state index is 10.7. The molecule has 0 heterocycles. The van der Waals surface area contributed by atoms with Crippen LogP contribution in [0.4, 0.5) is 0 Å². The molecule has 0 spiro atoms. The first-order valence-electron chi connectivity index (χ1n) is 4.17. The van der Waals surface area contributed by atoms with Gasteiger partial charge in [0.25, 0.3) is 0 Å². The maximum Gasteiger partial charge on any atom is 0.328 e. The van der Waals surface area contributed by atoms with E-state index in [4.69, 9.17) is 4.74 Å². The van der Waals surface area contributed by atoms with E-state index in [9.17, 15) is 9.59 Å². The van der Waals surface area contributed by atoms with Gasteiger partial charge in [0.2, 0.25) is 0 Å². The van der Waals surface area contributed by atoms with Crippen LogP contribution in [0, 0.1) is 0 Å². The highest BCUT2D eigenvalue weighted by Crippen LogP contribution is 2.07. The van der Waals surface area contributed by atoms with Crippen LogP contribution in [0.1, 0.15) is 20.8 Å². The summed E-state index contributed by atoms with van der Waals surface area (Å²) in [5, 5.41) is 0.401. The van der Waals surface area contributed by atoms with Gasteiger partial charge in [-0.25, -0.2) is 0 Å². The van der Waals surface area contributed by atoms with Gasteiger partial charge in [-0.05, 0) is 6.92 Å². The Morgan fingerprint density at radius 2 is 1.57 bits per heavy atom. The number of hydrogen-bond donors (Lipinski definition) is 0. The Hall–Kier alpha value is -1.30. The zero-order valence-electron chi connectivity index (χ0n) is 8.75. The number of hydrogen-bond acceptors (Lipinski definition) is 5. The van der Waals surface area contributed by atoms with Gasteiger partial charge in [-0.15, -0.1) is 0 Å². The number of rotatable bonds is 4. The molecule has 0 aliphatic rings. The van der Waals surface area contributed by atoms with E-state index in [1.165, 1.54) is 13.8 Å². The van der Waals surface area contributed by atoms with Crippen LogP contribution >= 0.6 is 0 Å². The van der Waals surface area contributed by atoms with Crippen LogP contribution in [-0.4, -0.2) is 28.8 Å². The lowest BCUT2D eigenvalue weighted by atomic mass is 10.7. The summed E-state index contributed by atoms with van der Waals surface area (Å²) in [6, 6.07) is 0. The lowest BCUT2D eigenvalue weighted by molar-refractivity contribution is -0.151. The zero-order chi connectivity index (χ0) is 11.1. The second-order valence-corrected chi connectivity index (χ2v) is 3.37. The van der Waals surface area contributed by atoms with E-state index in [1.54, 1.807) is 6.92 Å². The third-order valence-electron chi connectivity index (χ3n) is 1.12. The molecule has 0 fully saturated rings. The Kier molecular flexibility index (Phi) is 5.62. The fourth-order valence-corrected chi connectivity index (χ4v) is 1.19. The topological polar surface area (TPSA) is 61.8 Å². The first-order chi connectivity index (χ1) is 6.47. The minimum atomic E-state index is -0.547. The minimum Gasteiger partial charge on any atom is -0.497 e.